The molecule has 1 amide bonds. The van der Waals surface area contributed by atoms with Crippen molar-refractivity contribution in [2.75, 3.05) is 0 Å². The van der Waals surface area contributed by atoms with Crippen LogP contribution in [0.1, 0.15) is 79.6 Å². The molecule has 26 heavy (non-hydrogen) atoms. The van der Waals surface area contributed by atoms with Gasteiger partial charge in [0.2, 0.25) is 5.91 Å². The quantitative estimate of drug-likeness (QED) is 0.715. The highest BCUT2D eigenvalue weighted by atomic mass is 16.2. The second kappa shape index (κ2) is 5.69. The van der Waals surface area contributed by atoms with Gasteiger partial charge in [0, 0.05) is 11.5 Å². The second-order valence-corrected chi connectivity index (χ2v) is 10.6. The number of amides is 1. The van der Waals surface area contributed by atoms with Gasteiger partial charge >= 0.3 is 0 Å². The Kier molecular flexibility index (Phi) is 3.99. The number of Topliss-reactive ketones (excluding diaryl/α,β-unsaturated/α-hetero) is 1. The topological polar surface area (TPSA) is 37.4 Å². The third kappa shape index (κ3) is 2.31. The summed E-state index contributed by atoms with van der Waals surface area (Å²) in [5.74, 6) is 2.40. The van der Waals surface area contributed by atoms with Gasteiger partial charge in [-0.1, -0.05) is 26.3 Å². The predicted octanol–water partition coefficient (Wildman–Crippen LogP) is 4.75. The zero-order valence-corrected chi connectivity index (χ0v) is 17.2. The normalized spacial score (nSPS) is 45.1. The first kappa shape index (κ1) is 18.3. The van der Waals surface area contributed by atoms with Crippen LogP contribution in [0.2, 0.25) is 0 Å². The zero-order valence-electron chi connectivity index (χ0n) is 17.2. The number of hydrogen-bond acceptors (Lipinski definition) is 2. The lowest BCUT2D eigenvalue weighted by molar-refractivity contribution is -0.157. The van der Waals surface area contributed by atoms with E-state index < -0.39 is 5.54 Å². The van der Waals surface area contributed by atoms with Gasteiger partial charge in [-0.2, -0.15) is 0 Å². The lowest BCUT2D eigenvalue weighted by Crippen LogP contribution is -2.66. The lowest BCUT2D eigenvalue weighted by Gasteiger charge is -2.61. The Bertz CT molecular complexity index is 665. The van der Waals surface area contributed by atoms with E-state index in [0.717, 1.165) is 18.3 Å². The Morgan fingerprint density at radius 1 is 1.12 bits per heavy atom. The van der Waals surface area contributed by atoms with Crippen molar-refractivity contribution in [1.82, 2.24) is 4.90 Å². The summed E-state index contributed by atoms with van der Waals surface area (Å²) in [6.07, 6.45) is 13.0. The molecule has 0 N–H and O–H groups in total. The molecule has 0 radical (unpaired) electrons. The highest BCUT2D eigenvalue weighted by Crippen LogP contribution is 2.64. The molecule has 0 spiro atoms. The van der Waals surface area contributed by atoms with Crippen molar-refractivity contribution < 1.29 is 9.59 Å². The number of fused-ring (bicyclic) bond motifs is 5. The maximum Gasteiger partial charge on any atom is 0.247 e. The number of rotatable bonds is 2. The third-order valence-electron chi connectivity index (χ3n) is 9.11. The lowest BCUT2D eigenvalue weighted by atomic mass is 9.48. The van der Waals surface area contributed by atoms with E-state index in [1.165, 1.54) is 38.5 Å². The van der Waals surface area contributed by atoms with Crippen molar-refractivity contribution in [3.63, 3.8) is 0 Å². The van der Waals surface area contributed by atoms with Crippen LogP contribution in [-0.2, 0) is 9.59 Å². The second-order valence-electron chi connectivity index (χ2n) is 10.6. The first-order valence-corrected chi connectivity index (χ1v) is 10.6. The summed E-state index contributed by atoms with van der Waals surface area (Å²) in [7, 11) is 0. The average molecular weight is 358 g/mol. The van der Waals surface area contributed by atoms with Gasteiger partial charge in [0.1, 0.15) is 0 Å². The number of nitrogens with zero attached hydrogens (tertiary/aromatic N) is 1. The molecule has 144 valence electrons. The molecule has 3 saturated carbocycles. The molecule has 0 unspecified atom stereocenters. The Morgan fingerprint density at radius 2 is 1.85 bits per heavy atom. The van der Waals surface area contributed by atoms with Gasteiger partial charge in [-0.15, -0.1) is 0 Å². The fraction of sp³-hybridized carbons (Fsp3) is 0.826. The van der Waals surface area contributed by atoms with Crippen LogP contribution in [0.4, 0.5) is 0 Å². The van der Waals surface area contributed by atoms with E-state index in [4.69, 9.17) is 0 Å². The summed E-state index contributed by atoms with van der Waals surface area (Å²) in [5.41, 5.74) is -0.165. The van der Waals surface area contributed by atoms with Gasteiger partial charge in [0.05, 0.1) is 5.54 Å². The molecular weight excluding hydrogens is 322 g/mol. The minimum Gasteiger partial charge on any atom is -0.323 e. The SMILES string of the molecule is CC(=O)C(C)(C)N1C(=O)C=C[C@]2(C)[C@H]3CC[C@]4(C)CCC[C@H]4[C@@H]3CC[C@@H]12. The standard InChI is InChI=1S/C23H35NO2/c1-15(25)21(2,3)24-19-9-8-16-17-7-6-12-22(17,4)13-10-18(16)23(19,5)14-11-20(24)26/h11,14,16-19H,6-10,12-13H2,1-5H3/t16-,17-,18-,19+,22-,23+/m0/s1. The van der Waals surface area contributed by atoms with Gasteiger partial charge in [-0.25, -0.2) is 0 Å². The van der Waals surface area contributed by atoms with E-state index in [1.54, 1.807) is 13.0 Å². The molecule has 4 rings (SSSR count). The summed E-state index contributed by atoms with van der Waals surface area (Å²) < 4.78 is 0. The number of hydrogen-bond donors (Lipinski definition) is 0. The van der Waals surface area contributed by atoms with Crippen LogP contribution >= 0.6 is 0 Å². The van der Waals surface area contributed by atoms with E-state index in [9.17, 15) is 9.59 Å². The van der Waals surface area contributed by atoms with E-state index in [1.807, 2.05) is 18.7 Å². The monoisotopic (exact) mass is 357 g/mol. The highest BCUT2D eigenvalue weighted by molar-refractivity contribution is 5.96. The molecule has 0 saturated heterocycles. The molecule has 0 aromatic carbocycles. The molecule has 4 aliphatic rings. The third-order valence-corrected chi connectivity index (χ3v) is 9.11. The molecule has 3 fully saturated rings. The largest absolute Gasteiger partial charge is 0.323 e. The molecule has 0 bridgehead atoms. The molecule has 0 aromatic heterocycles. The van der Waals surface area contributed by atoms with Crippen LogP contribution in [0.3, 0.4) is 0 Å². The molecule has 3 aliphatic carbocycles. The van der Waals surface area contributed by atoms with Crippen molar-refractivity contribution in [2.45, 2.75) is 91.1 Å². The Balaban J connectivity index is 1.72. The molecule has 1 heterocycles. The van der Waals surface area contributed by atoms with Crippen LogP contribution in [0.15, 0.2) is 12.2 Å². The van der Waals surface area contributed by atoms with E-state index in [2.05, 4.69) is 19.9 Å². The van der Waals surface area contributed by atoms with Crippen LogP contribution in [0.5, 0.6) is 0 Å². The van der Waals surface area contributed by atoms with Gasteiger partial charge in [-0.05, 0) is 88.5 Å². The van der Waals surface area contributed by atoms with E-state index in [0.29, 0.717) is 11.3 Å². The number of carbonyl (C=O) groups is 2. The molecule has 1 aliphatic heterocycles. The van der Waals surface area contributed by atoms with E-state index >= 15 is 0 Å². The number of ketones is 1. The molecular formula is C23H35NO2. The Labute approximate surface area is 158 Å². The Morgan fingerprint density at radius 3 is 2.54 bits per heavy atom. The molecule has 3 heteroatoms. The van der Waals surface area contributed by atoms with Crippen molar-refractivity contribution >= 4 is 11.7 Å². The molecule has 6 atom stereocenters. The van der Waals surface area contributed by atoms with Crippen molar-refractivity contribution in [1.29, 1.82) is 0 Å². The van der Waals surface area contributed by atoms with Crippen LogP contribution in [0, 0.1) is 28.6 Å². The van der Waals surface area contributed by atoms with Crippen LogP contribution < -0.4 is 0 Å². The fourth-order valence-corrected chi connectivity index (χ4v) is 7.33. The van der Waals surface area contributed by atoms with Gasteiger partial charge in [-0.3, -0.25) is 9.59 Å². The molecule has 3 nitrogen and oxygen atoms in total. The summed E-state index contributed by atoms with van der Waals surface area (Å²) in [6, 6.07) is 0.158. The maximum atomic E-state index is 12.8. The summed E-state index contributed by atoms with van der Waals surface area (Å²) >= 11 is 0. The van der Waals surface area contributed by atoms with Gasteiger partial charge in [0.25, 0.3) is 0 Å². The smallest absolute Gasteiger partial charge is 0.247 e. The predicted molar refractivity (Wildman–Crippen MR) is 104 cm³/mol. The van der Waals surface area contributed by atoms with Gasteiger partial charge in [0.15, 0.2) is 5.78 Å². The summed E-state index contributed by atoms with van der Waals surface area (Å²) in [5, 5.41) is 0. The maximum absolute atomic E-state index is 12.8. The minimum absolute atomic E-state index is 0.00741. The van der Waals surface area contributed by atoms with Crippen molar-refractivity contribution in [3.8, 4) is 0 Å². The zero-order chi connectivity index (χ0) is 18.9. The fourth-order valence-electron chi connectivity index (χ4n) is 7.33. The first-order valence-electron chi connectivity index (χ1n) is 10.6. The van der Waals surface area contributed by atoms with E-state index in [-0.39, 0.29) is 23.1 Å². The minimum atomic E-state index is -0.725. The number of carbonyl (C=O) groups excluding carboxylic acids is 2. The van der Waals surface area contributed by atoms with Crippen LogP contribution in [0.25, 0.3) is 0 Å². The van der Waals surface area contributed by atoms with Gasteiger partial charge < -0.3 is 4.90 Å². The molecule has 0 aromatic rings. The summed E-state index contributed by atoms with van der Waals surface area (Å²) in [4.78, 5) is 27.1. The van der Waals surface area contributed by atoms with Crippen molar-refractivity contribution in [3.05, 3.63) is 12.2 Å². The van der Waals surface area contributed by atoms with Crippen molar-refractivity contribution in [2.24, 2.45) is 28.6 Å². The summed E-state index contributed by atoms with van der Waals surface area (Å²) in [6.45, 7) is 10.4. The Hall–Kier alpha value is -1.12. The average Bonchev–Trinajstić information content (AvgIpc) is 2.96. The van der Waals surface area contributed by atoms with Crippen LogP contribution in [-0.4, -0.2) is 28.2 Å². The first-order chi connectivity index (χ1) is 12.1. The highest BCUT2D eigenvalue weighted by Gasteiger charge is 2.60.